The minimum absolute atomic E-state index is 0.667. The van der Waals surface area contributed by atoms with Crippen LogP contribution in [0.3, 0.4) is 0 Å². The van der Waals surface area contributed by atoms with Crippen LogP contribution < -0.4 is 0 Å². The van der Waals surface area contributed by atoms with Crippen molar-refractivity contribution in [2.75, 3.05) is 0 Å². The first-order valence-corrected chi connectivity index (χ1v) is 6.72. The summed E-state index contributed by atoms with van der Waals surface area (Å²) in [6.07, 6.45) is 3.55. The molecule has 0 radical (unpaired) electrons. The van der Waals surface area contributed by atoms with Gasteiger partial charge < -0.3 is 4.57 Å². The molecule has 90 valence electrons. The first-order valence-electron chi connectivity index (χ1n) is 5.17. The van der Waals surface area contributed by atoms with Crippen molar-refractivity contribution < 1.29 is 0 Å². The third-order valence-corrected chi connectivity index (χ3v) is 3.90. The normalized spacial score (nSPS) is 10.8. The summed E-state index contributed by atoms with van der Waals surface area (Å²) >= 11 is 15.4. The molecule has 0 spiro atoms. The van der Waals surface area contributed by atoms with E-state index in [4.69, 9.17) is 23.2 Å². The van der Waals surface area contributed by atoms with Crippen LogP contribution in [0.15, 0.2) is 29.1 Å². The third kappa shape index (κ3) is 3.03. The Morgan fingerprint density at radius 2 is 2.06 bits per heavy atom. The summed E-state index contributed by atoms with van der Waals surface area (Å²) in [6, 6.07) is 5.60. The molecule has 5 heteroatoms. The van der Waals surface area contributed by atoms with E-state index in [1.807, 2.05) is 23.7 Å². The zero-order valence-electron chi connectivity index (χ0n) is 9.25. The van der Waals surface area contributed by atoms with E-state index in [9.17, 15) is 0 Å². The van der Waals surface area contributed by atoms with E-state index < -0.39 is 0 Å². The number of hydrogen-bond acceptors (Lipinski definition) is 1. The molecular formula is C12H11BrCl2N2. The summed E-state index contributed by atoms with van der Waals surface area (Å²) < 4.78 is 2.90. The molecule has 0 N–H and O–H groups in total. The predicted octanol–water partition coefficient (Wildman–Crippen LogP) is 4.27. The van der Waals surface area contributed by atoms with Crippen molar-refractivity contribution in [1.82, 2.24) is 9.55 Å². The van der Waals surface area contributed by atoms with Gasteiger partial charge in [0, 0.05) is 17.1 Å². The van der Waals surface area contributed by atoms with E-state index in [-0.39, 0.29) is 0 Å². The fourth-order valence-corrected chi connectivity index (χ4v) is 2.76. The summed E-state index contributed by atoms with van der Waals surface area (Å²) in [5.74, 6) is 0. The van der Waals surface area contributed by atoms with E-state index in [1.54, 1.807) is 12.4 Å². The summed E-state index contributed by atoms with van der Waals surface area (Å²) in [5, 5.41) is 1.39. The van der Waals surface area contributed by atoms with Gasteiger partial charge in [-0.05, 0) is 46.5 Å². The molecule has 1 aromatic heterocycles. The largest absolute Gasteiger partial charge is 0.337 e. The van der Waals surface area contributed by atoms with Crippen molar-refractivity contribution in [2.24, 2.45) is 7.05 Å². The lowest BCUT2D eigenvalue weighted by molar-refractivity contribution is 0.795. The Morgan fingerprint density at radius 3 is 2.65 bits per heavy atom. The Hall–Kier alpha value is -0.510. The van der Waals surface area contributed by atoms with Gasteiger partial charge in [-0.15, -0.1) is 0 Å². The van der Waals surface area contributed by atoms with E-state index >= 15 is 0 Å². The smallest absolute Gasteiger partial charge is 0.127 e. The molecule has 2 rings (SSSR count). The monoisotopic (exact) mass is 332 g/mol. The quantitative estimate of drug-likeness (QED) is 0.820. The molecule has 2 nitrogen and oxygen atoms in total. The molecule has 0 aliphatic carbocycles. The highest BCUT2D eigenvalue weighted by atomic mass is 79.9. The molecule has 2 aromatic rings. The second-order valence-electron chi connectivity index (χ2n) is 3.83. The standard InChI is InChI=1S/C12H11BrCl2N2/c1-17-7-16-12(13)11(17)5-3-8-2-4-9(14)6-10(8)15/h2,4,6-7H,3,5H2,1H3. The molecule has 17 heavy (non-hydrogen) atoms. The van der Waals surface area contributed by atoms with Crippen LogP contribution in [0.25, 0.3) is 0 Å². The Kier molecular flexibility index (Phi) is 4.13. The van der Waals surface area contributed by atoms with Gasteiger partial charge in [0.05, 0.1) is 12.0 Å². The fourth-order valence-electron chi connectivity index (χ4n) is 1.68. The highest BCUT2D eigenvalue weighted by Gasteiger charge is 2.08. The SMILES string of the molecule is Cn1cnc(Br)c1CCc1ccc(Cl)cc1Cl. The van der Waals surface area contributed by atoms with Crippen LogP contribution in [0.4, 0.5) is 0 Å². The van der Waals surface area contributed by atoms with Crippen LogP contribution in [0.2, 0.25) is 10.0 Å². The molecule has 0 aliphatic rings. The Labute approximate surface area is 119 Å². The second-order valence-corrected chi connectivity index (χ2v) is 5.42. The van der Waals surface area contributed by atoms with Gasteiger partial charge in [-0.2, -0.15) is 0 Å². The van der Waals surface area contributed by atoms with Crippen LogP contribution in [-0.4, -0.2) is 9.55 Å². The van der Waals surface area contributed by atoms with Crippen molar-refractivity contribution in [1.29, 1.82) is 0 Å². The Morgan fingerprint density at radius 1 is 1.29 bits per heavy atom. The van der Waals surface area contributed by atoms with Gasteiger partial charge in [0.25, 0.3) is 0 Å². The Bertz CT molecular complexity index is 518. The minimum atomic E-state index is 0.667. The van der Waals surface area contributed by atoms with Gasteiger partial charge >= 0.3 is 0 Å². The molecule has 0 atom stereocenters. The van der Waals surface area contributed by atoms with Crippen LogP contribution in [-0.2, 0) is 19.9 Å². The maximum atomic E-state index is 6.13. The lowest BCUT2D eigenvalue weighted by atomic mass is 10.1. The molecular weight excluding hydrogens is 323 g/mol. The second kappa shape index (κ2) is 5.42. The van der Waals surface area contributed by atoms with Gasteiger partial charge in [-0.25, -0.2) is 4.98 Å². The first-order chi connectivity index (χ1) is 8.08. The highest BCUT2D eigenvalue weighted by molar-refractivity contribution is 9.10. The van der Waals surface area contributed by atoms with Gasteiger partial charge in [0.15, 0.2) is 0 Å². The number of nitrogens with zero attached hydrogens (tertiary/aromatic N) is 2. The molecule has 0 saturated heterocycles. The van der Waals surface area contributed by atoms with E-state index in [0.717, 1.165) is 33.7 Å². The predicted molar refractivity (Wildman–Crippen MR) is 74.8 cm³/mol. The van der Waals surface area contributed by atoms with Crippen LogP contribution >= 0.6 is 39.1 Å². The van der Waals surface area contributed by atoms with Crippen molar-refractivity contribution in [3.63, 3.8) is 0 Å². The minimum Gasteiger partial charge on any atom is -0.337 e. The number of aryl methyl sites for hydroxylation is 2. The van der Waals surface area contributed by atoms with Crippen molar-refractivity contribution in [2.45, 2.75) is 12.8 Å². The average molecular weight is 334 g/mol. The first kappa shape index (κ1) is 12.9. The number of halogens is 3. The number of benzene rings is 1. The van der Waals surface area contributed by atoms with E-state index in [2.05, 4.69) is 20.9 Å². The zero-order valence-corrected chi connectivity index (χ0v) is 12.3. The highest BCUT2D eigenvalue weighted by Crippen LogP contribution is 2.23. The van der Waals surface area contributed by atoms with Crippen LogP contribution in [0.1, 0.15) is 11.3 Å². The van der Waals surface area contributed by atoms with Gasteiger partial charge in [-0.1, -0.05) is 29.3 Å². The fraction of sp³-hybridized carbons (Fsp3) is 0.250. The molecule has 0 saturated carbocycles. The molecule has 1 heterocycles. The van der Waals surface area contributed by atoms with Crippen LogP contribution in [0, 0.1) is 0 Å². The molecule has 0 amide bonds. The van der Waals surface area contributed by atoms with E-state index in [1.165, 1.54) is 0 Å². The van der Waals surface area contributed by atoms with Gasteiger partial charge in [-0.3, -0.25) is 0 Å². The average Bonchev–Trinajstić information content (AvgIpc) is 2.58. The van der Waals surface area contributed by atoms with E-state index in [0.29, 0.717) is 5.02 Å². The number of aromatic nitrogens is 2. The molecule has 0 bridgehead atoms. The third-order valence-electron chi connectivity index (χ3n) is 2.65. The van der Waals surface area contributed by atoms with Crippen molar-refractivity contribution in [3.05, 3.63) is 50.4 Å². The molecule has 0 unspecified atom stereocenters. The Balaban J connectivity index is 2.13. The number of imidazole rings is 1. The van der Waals surface area contributed by atoms with Crippen molar-refractivity contribution in [3.8, 4) is 0 Å². The maximum Gasteiger partial charge on any atom is 0.127 e. The van der Waals surface area contributed by atoms with Gasteiger partial charge in [0.1, 0.15) is 4.60 Å². The lowest BCUT2D eigenvalue weighted by Gasteiger charge is -2.06. The summed E-state index contributed by atoms with van der Waals surface area (Å²) in [7, 11) is 1.98. The molecule has 0 fully saturated rings. The van der Waals surface area contributed by atoms with Crippen LogP contribution in [0.5, 0.6) is 0 Å². The summed E-state index contributed by atoms with van der Waals surface area (Å²) in [5.41, 5.74) is 2.26. The maximum absolute atomic E-state index is 6.13. The number of rotatable bonds is 3. The van der Waals surface area contributed by atoms with Crippen molar-refractivity contribution >= 4 is 39.1 Å². The molecule has 1 aromatic carbocycles. The summed E-state index contributed by atoms with van der Waals surface area (Å²) in [4.78, 5) is 4.19. The zero-order chi connectivity index (χ0) is 12.4. The van der Waals surface area contributed by atoms with Gasteiger partial charge in [0.2, 0.25) is 0 Å². The molecule has 0 aliphatic heterocycles. The number of hydrogen-bond donors (Lipinski definition) is 0. The lowest BCUT2D eigenvalue weighted by Crippen LogP contribution is -1.99. The summed E-state index contributed by atoms with van der Waals surface area (Å²) in [6.45, 7) is 0. The topological polar surface area (TPSA) is 17.8 Å².